The van der Waals surface area contributed by atoms with Crippen LogP contribution in [0.3, 0.4) is 0 Å². The Labute approximate surface area is 176 Å². The highest BCUT2D eigenvalue weighted by Gasteiger charge is 2.21. The van der Waals surface area contributed by atoms with E-state index >= 15 is 0 Å². The molecule has 0 radical (unpaired) electrons. The van der Waals surface area contributed by atoms with Crippen molar-refractivity contribution in [2.45, 2.75) is 0 Å². The van der Waals surface area contributed by atoms with Gasteiger partial charge in [0.15, 0.2) is 0 Å². The first-order chi connectivity index (χ1) is 14.5. The monoisotopic (exact) mass is 418 g/mol. The minimum Gasteiger partial charge on any atom is -0.350 e. The van der Waals surface area contributed by atoms with Crippen LogP contribution < -0.4 is 5.43 Å². The number of nitro groups is 1. The lowest BCUT2D eigenvalue weighted by atomic mass is 10.0. The Bertz CT molecular complexity index is 1270. The standard InChI is InChI=1S/C22H15ClN4O3/c23-16-8-6-14(7-9-16)13-24-26-22(28)21-20(15-4-2-1-3-5-15)18-12-17(27(29)30)10-11-19(18)25-21/h1-13,25H,(H,26,28)/b24-13-. The Morgan fingerprint density at radius 3 is 2.50 bits per heavy atom. The first-order valence-corrected chi connectivity index (χ1v) is 9.35. The van der Waals surface area contributed by atoms with E-state index < -0.39 is 10.8 Å². The highest BCUT2D eigenvalue weighted by Crippen LogP contribution is 2.34. The maximum absolute atomic E-state index is 12.9. The van der Waals surface area contributed by atoms with Gasteiger partial charge in [-0.05, 0) is 29.3 Å². The van der Waals surface area contributed by atoms with Gasteiger partial charge in [-0.25, -0.2) is 5.43 Å². The number of carbonyl (C=O) groups excluding carboxylic acids is 1. The maximum atomic E-state index is 12.9. The third kappa shape index (κ3) is 3.92. The molecule has 4 rings (SSSR count). The number of rotatable bonds is 5. The number of amides is 1. The number of carbonyl (C=O) groups is 1. The average Bonchev–Trinajstić information content (AvgIpc) is 3.14. The molecule has 2 N–H and O–H groups in total. The van der Waals surface area contributed by atoms with Crippen LogP contribution in [0.2, 0.25) is 5.02 Å². The third-order valence-electron chi connectivity index (χ3n) is 4.53. The lowest BCUT2D eigenvalue weighted by molar-refractivity contribution is -0.384. The Hall–Kier alpha value is -3.97. The number of nitrogens with zero attached hydrogens (tertiary/aromatic N) is 2. The molecule has 0 bridgehead atoms. The van der Waals surface area contributed by atoms with Crippen molar-refractivity contribution in [1.82, 2.24) is 10.4 Å². The highest BCUT2D eigenvalue weighted by molar-refractivity contribution is 6.30. The van der Waals surface area contributed by atoms with Crippen molar-refractivity contribution in [3.63, 3.8) is 0 Å². The zero-order valence-electron chi connectivity index (χ0n) is 15.5. The summed E-state index contributed by atoms with van der Waals surface area (Å²) < 4.78 is 0. The van der Waals surface area contributed by atoms with Gasteiger partial charge >= 0.3 is 0 Å². The number of hydrazone groups is 1. The summed E-state index contributed by atoms with van der Waals surface area (Å²) in [6.07, 6.45) is 1.50. The van der Waals surface area contributed by atoms with E-state index in [-0.39, 0.29) is 11.4 Å². The molecule has 1 aromatic heterocycles. The molecule has 0 unspecified atom stereocenters. The topological polar surface area (TPSA) is 100 Å². The van der Waals surface area contributed by atoms with Gasteiger partial charge in [-0.3, -0.25) is 14.9 Å². The smallest absolute Gasteiger partial charge is 0.288 e. The summed E-state index contributed by atoms with van der Waals surface area (Å²) >= 11 is 5.86. The van der Waals surface area contributed by atoms with Gasteiger partial charge < -0.3 is 4.98 Å². The molecule has 0 saturated carbocycles. The fraction of sp³-hybridized carbons (Fsp3) is 0. The normalized spacial score (nSPS) is 11.1. The summed E-state index contributed by atoms with van der Waals surface area (Å²) in [5.74, 6) is -0.460. The summed E-state index contributed by atoms with van der Waals surface area (Å²) in [5.41, 5.74) is 5.45. The Morgan fingerprint density at radius 2 is 1.80 bits per heavy atom. The molecule has 7 nitrogen and oxygen atoms in total. The van der Waals surface area contributed by atoms with Gasteiger partial charge in [0.25, 0.3) is 11.6 Å². The second-order valence-electron chi connectivity index (χ2n) is 6.48. The number of fused-ring (bicyclic) bond motifs is 1. The predicted molar refractivity (Wildman–Crippen MR) is 117 cm³/mol. The number of nitrogens with one attached hydrogen (secondary N) is 2. The summed E-state index contributed by atoms with van der Waals surface area (Å²) in [5, 5.41) is 16.4. The fourth-order valence-corrected chi connectivity index (χ4v) is 3.26. The zero-order chi connectivity index (χ0) is 21.1. The number of aromatic amines is 1. The van der Waals surface area contributed by atoms with Crippen LogP contribution in [-0.2, 0) is 0 Å². The second-order valence-corrected chi connectivity index (χ2v) is 6.92. The van der Waals surface area contributed by atoms with Crippen LogP contribution in [0.15, 0.2) is 77.9 Å². The molecule has 0 saturated heterocycles. The molecule has 8 heteroatoms. The quantitative estimate of drug-likeness (QED) is 0.266. The van der Waals surface area contributed by atoms with E-state index in [0.717, 1.165) is 11.1 Å². The molecule has 0 aliphatic rings. The lowest BCUT2D eigenvalue weighted by Gasteiger charge is -2.04. The SMILES string of the molecule is O=C(N/N=C\c1ccc(Cl)cc1)c1[nH]c2ccc([N+](=O)[O-])cc2c1-c1ccccc1. The number of hydrogen-bond acceptors (Lipinski definition) is 4. The Kier molecular flexibility index (Phi) is 5.28. The van der Waals surface area contributed by atoms with Crippen molar-refractivity contribution >= 4 is 40.3 Å². The summed E-state index contributed by atoms with van der Waals surface area (Å²) in [4.78, 5) is 26.7. The van der Waals surface area contributed by atoms with E-state index in [1.807, 2.05) is 30.3 Å². The molecule has 0 spiro atoms. The second kappa shape index (κ2) is 8.18. The molecule has 4 aromatic rings. The molecule has 148 valence electrons. The number of H-pyrrole nitrogens is 1. The van der Waals surface area contributed by atoms with Crippen LogP contribution in [0.5, 0.6) is 0 Å². The Morgan fingerprint density at radius 1 is 1.07 bits per heavy atom. The lowest BCUT2D eigenvalue weighted by Crippen LogP contribution is -2.18. The molecule has 3 aromatic carbocycles. The minimum atomic E-state index is -0.461. The fourth-order valence-electron chi connectivity index (χ4n) is 3.14. The highest BCUT2D eigenvalue weighted by atomic mass is 35.5. The molecule has 0 atom stereocenters. The van der Waals surface area contributed by atoms with Crippen LogP contribution in [0.1, 0.15) is 16.1 Å². The summed E-state index contributed by atoms with van der Waals surface area (Å²) in [6.45, 7) is 0. The largest absolute Gasteiger partial charge is 0.350 e. The molecule has 0 aliphatic carbocycles. The summed E-state index contributed by atoms with van der Waals surface area (Å²) in [6, 6.07) is 20.7. The van der Waals surface area contributed by atoms with Crippen LogP contribution in [0.25, 0.3) is 22.0 Å². The number of aromatic nitrogens is 1. The van der Waals surface area contributed by atoms with Crippen molar-refractivity contribution in [2.75, 3.05) is 0 Å². The molecule has 0 aliphatic heterocycles. The van der Waals surface area contributed by atoms with Crippen molar-refractivity contribution in [3.8, 4) is 11.1 Å². The van der Waals surface area contributed by atoms with E-state index in [1.54, 1.807) is 30.3 Å². The molecule has 1 amide bonds. The van der Waals surface area contributed by atoms with Crippen LogP contribution in [0.4, 0.5) is 5.69 Å². The van der Waals surface area contributed by atoms with Gasteiger partial charge in [0.1, 0.15) is 5.69 Å². The molecular weight excluding hydrogens is 404 g/mol. The molecule has 30 heavy (non-hydrogen) atoms. The van der Waals surface area contributed by atoms with Crippen molar-refractivity contribution < 1.29 is 9.72 Å². The number of halogens is 1. The van der Waals surface area contributed by atoms with E-state index in [2.05, 4.69) is 15.5 Å². The first-order valence-electron chi connectivity index (χ1n) is 8.97. The molecule has 1 heterocycles. The van der Waals surface area contributed by atoms with Gasteiger partial charge in [0, 0.05) is 33.6 Å². The Balaban J connectivity index is 1.73. The number of nitro benzene ring substituents is 1. The van der Waals surface area contributed by atoms with Gasteiger partial charge in [-0.2, -0.15) is 5.10 Å². The summed E-state index contributed by atoms with van der Waals surface area (Å²) in [7, 11) is 0. The van der Waals surface area contributed by atoms with Gasteiger partial charge in [-0.1, -0.05) is 54.1 Å². The van der Waals surface area contributed by atoms with E-state index in [1.165, 1.54) is 18.3 Å². The van der Waals surface area contributed by atoms with Crippen molar-refractivity contribution in [1.29, 1.82) is 0 Å². The average molecular weight is 419 g/mol. The van der Waals surface area contributed by atoms with Crippen molar-refractivity contribution in [3.05, 3.63) is 99.2 Å². The number of hydrogen-bond donors (Lipinski definition) is 2. The van der Waals surface area contributed by atoms with Gasteiger partial charge in [0.2, 0.25) is 0 Å². The zero-order valence-corrected chi connectivity index (χ0v) is 16.3. The van der Waals surface area contributed by atoms with Crippen LogP contribution >= 0.6 is 11.6 Å². The number of non-ortho nitro benzene ring substituents is 1. The molecule has 0 fully saturated rings. The van der Waals surface area contributed by atoms with Crippen LogP contribution in [-0.4, -0.2) is 22.0 Å². The molecular formula is C22H15ClN4O3. The van der Waals surface area contributed by atoms with E-state index in [4.69, 9.17) is 11.6 Å². The third-order valence-corrected chi connectivity index (χ3v) is 4.78. The minimum absolute atomic E-state index is 0.0496. The van der Waals surface area contributed by atoms with Crippen molar-refractivity contribution in [2.24, 2.45) is 5.10 Å². The maximum Gasteiger partial charge on any atom is 0.288 e. The predicted octanol–water partition coefficient (Wildman–Crippen LogP) is 5.16. The van der Waals surface area contributed by atoms with Gasteiger partial charge in [-0.15, -0.1) is 0 Å². The van der Waals surface area contributed by atoms with E-state index in [0.29, 0.717) is 21.5 Å². The van der Waals surface area contributed by atoms with E-state index in [9.17, 15) is 14.9 Å². The number of benzene rings is 3. The first kappa shape index (κ1) is 19.4. The van der Waals surface area contributed by atoms with Crippen LogP contribution in [0, 0.1) is 10.1 Å². The van der Waals surface area contributed by atoms with Gasteiger partial charge in [0.05, 0.1) is 11.1 Å².